The third-order valence-corrected chi connectivity index (χ3v) is 3.61. The smallest absolute Gasteiger partial charge is 0.154 e. The minimum Gasteiger partial charge on any atom is -0.222 e. The van der Waals surface area contributed by atoms with E-state index in [4.69, 9.17) is 23.2 Å². The zero-order valence-electron chi connectivity index (χ0n) is 5.62. The summed E-state index contributed by atoms with van der Waals surface area (Å²) in [5, 5.41) is 6.18. The molecule has 0 spiro atoms. The highest BCUT2D eigenvalue weighted by Crippen LogP contribution is 2.29. The van der Waals surface area contributed by atoms with E-state index >= 15 is 0 Å². The Kier molecular flexibility index (Phi) is 2.32. The van der Waals surface area contributed by atoms with Gasteiger partial charge in [0.2, 0.25) is 0 Å². The molecule has 0 radical (unpaired) electrons. The lowest BCUT2D eigenvalue weighted by molar-refractivity contribution is 1.35. The average Bonchev–Trinajstić information content (AvgIpc) is 2.58. The first kappa shape index (κ1) is 8.44. The van der Waals surface area contributed by atoms with Crippen molar-refractivity contribution in [3.05, 3.63) is 21.1 Å². The van der Waals surface area contributed by atoms with Crippen LogP contribution in [0.25, 0.3) is 10.0 Å². The van der Waals surface area contributed by atoms with Gasteiger partial charge >= 0.3 is 0 Å². The Hall–Kier alpha value is -0.160. The largest absolute Gasteiger partial charge is 0.222 e. The van der Waals surface area contributed by atoms with Crippen LogP contribution in [0.2, 0.25) is 10.3 Å². The fourth-order valence-electron chi connectivity index (χ4n) is 0.705. The van der Waals surface area contributed by atoms with Crippen LogP contribution in [0.1, 0.15) is 0 Å². The van der Waals surface area contributed by atoms with E-state index in [0.717, 1.165) is 10.0 Å². The van der Waals surface area contributed by atoms with Gasteiger partial charge in [0.25, 0.3) is 0 Å². The predicted molar refractivity (Wildman–Crippen MR) is 53.2 cm³/mol. The van der Waals surface area contributed by atoms with Crippen molar-refractivity contribution >= 4 is 45.9 Å². The van der Waals surface area contributed by atoms with Crippen LogP contribution in [0, 0.1) is 0 Å². The molecule has 2 rings (SSSR count). The van der Waals surface area contributed by atoms with Gasteiger partial charge < -0.3 is 0 Å². The van der Waals surface area contributed by atoms with Crippen LogP contribution in [-0.2, 0) is 0 Å². The minimum atomic E-state index is 0.501. The third-order valence-electron chi connectivity index (χ3n) is 1.14. The predicted octanol–water partition coefficient (Wildman–Crippen LogP) is 3.57. The molecule has 62 valence electrons. The molecule has 0 saturated carbocycles. The van der Waals surface area contributed by atoms with Gasteiger partial charge in [-0.05, 0) is 0 Å². The molecule has 0 unspecified atom stereocenters. The first-order valence-corrected chi connectivity index (χ1v) is 5.49. The number of hydrogen-bond donors (Lipinski definition) is 0. The number of nitrogens with zero attached hydrogens (tertiary/aromatic N) is 2. The van der Waals surface area contributed by atoms with Gasteiger partial charge in [0.15, 0.2) is 10.0 Å². The van der Waals surface area contributed by atoms with Crippen molar-refractivity contribution in [1.82, 2.24) is 9.97 Å². The van der Waals surface area contributed by atoms with Crippen LogP contribution < -0.4 is 0 Å². The van der Waals surface area contributed by atoms with Crippen molar-refractivity contribution in [2.24, 2.45) is 0 Å². The quantitative estimate of drug-likeness (QED) is 0.757. The van der Waals surface area contributed by atoms with E-state index < -0.39 is 0 Å². The van der Waals surface area contributed by atoms with Crippen molar-refractivity contribution in [3.8, 4) is 10.0 Å². The topological polar surface area (TPSA) is 25.8 Å². The van der Waals surface area contributed by atoms with Gasteiger partial charge in [-0.15, -0.1) is 22.7 Å². The molecule has 0 atom stereocenters. The number of rotatable bonds is 1. The lowest BCUT2D eigenvalue weighted by atomic mass is 10.7. The molecule has 0 aromatic carbocycles. The second kappa shape index (κ2) is 3.30. The molecule has 12 heavy (non-hydrogen) atoms. The van der Waals surface area contributed by atoms with Crippen molar-refractivity contribution < 1.29 is 0 Å². The maximum atomic E-state index is 5.66. The summed E-state index contributed by atoms with van der Waals surface area (Å²) in [6.07, 6.45) is 0. The molecule has 0 bridgehead atoms. The highest BCUT2D eigenvalue weighted by molar-refractivity contribution is 7.20. The summed E-state index contributed by atoms with van der Waals surface area (Å²) < 4.78 is 0. The first-order valence-electron chi connectivity index (χ1n) is 2.98. The molecule has 6 heteroatoms. The Bertz CT molecular complexity index is 357. The van der Waals surface area contributed by atoms with Crippen LogP contribution in [0.15, 0.2) is 10.8 Å². The van der Waals surface area contributed by atoms with Crippen LogP contribution in [0.5, 0.6) is 0 Å². The highest BCUT2D eigenvalue weighted by atomic mass is 35.5. The molecule has 2 heterocycles. The van der Waals surface area contributed by atoms with E-state index in [1.165, 1.54) is 22.7 Å². The van der Waals surface area contributed by atoms with Gasteiger partial charge in [-0.1, -0.05) is 23.2 Å². The van der Waals surface area contributed by atoms with Crippen molar-refractivity contribution in [2.45, 2.75) is 0 Å². The Morgan fingerprint density at radius 1 is 0.917 bits per heavy atom. The summed E-state index contributed by atoms with van der Waals surface area (Å²) in [4.78, 5) is 8.13. The second-order valence-electron chi connectivity index (χ2n) is 1.95. The summed E-state index contributed by atoms with van der Waals surface area (Å²) in [7, 11) is 0. The summed E-state index contributed by atoms with van der Waals surface area (Å²) >= 11 is 14.2. The maximum Gasteiger partial charge on any atom is 0.154 e. The van der Waals surface area contributed by atoms with Gasteiger partial charge in [-0.25, -0.2) is 9.97 Å². The van der Waals surface area contributed by atoms with E-state index in [1.807, 2.05) is 0 Å². The second-order valence-corrected chi connectivity index (χ2v) is 4.44. The van der Waals surface area contributed by atoms with Gasteiger partial charge in [0, 0.05) is 10.8 Å². The van der Waals surface area contributed by atoms with Crippen LogP contribution in [0.3, 0.4) is 0 Å². The van der Waals surface area contributed by atoms with Gasteiger partial charge in [-0.3, -0.25) is 0 Å². The van der Waals surface area contributed by atoms with Gasteiger partial charge in [0.1, 0.15) is 10.3 Å². The fourth-order valence-corrected chi connectivity index (χ4v) is 2.65. The molecule has 0 aliphatic heterocycles. The molecule has 2 aromatic heterocycles. The van der Waals surface area contributed by atoms with E-state index in [1.54, 1.807) is 10.8 Å². The number of aromatic nitrogens is 2. The molecule has 0 fully saturated rings. The molecule has 0 aliphatic carbocycles. The monoisotopic (exact) mass is 236 g/mol. The van der Waals surface area contributed by atoms with E-state index in [9.17, 15) is 0 Å². The van der Waals surface area contributed by atoms with Gasteiger partial charge in [-0.2, -0.15) is 0 Å². The molecule has 2 aromatic rings. The first-order chi connectivity index (χ1) is 5.75. The molecular formula is C6H2Cl2N2S2. The van der Waals surface area contributed by atoms with Crippen LogP contribution in [0.4, 0.5) is 0 Å². The lowest BCUT2D eigenvalue weighted by Crippen LogP contribution is -1.71. The Labute approximate surface area is 86.8 Å². The van der Waals surface area contributed by atoms with E-state index in [-0.39, 0.29) is 0 Å². The lowest BCUT2D eigenvalue weighted by Gasteiger charge is -1.83. The molecule has 0 saturated heterocycles. The summed E-state index contributed by atoms with van der Waals surface area (Å²) in [5.74, 6) is 0. The molecule has 0 amide bonds. The molecular weight excluding hydrogens is 235 g/mol. The standard InChI is InChI=1S/C6H2Cl2N2S2/c7-3-1-11-5(9-3)6-10-4(8)2-12-6/h1-2H. The number of halogens is 2. The highest BCUT2D eigenvalue weighted by Gasteiger charge is 2.06. The molecule has 2 nitrogen and oxygen atoms in total. The number of hydrogen-bond acceptors (Lipinski definition) is 4. The van der Waals surface area contributed by atoms with Crippen molar-refractivity contribution in [2.75, 3.05) is 0 Å². The summed E-state index contributed by atoms with van der Waals surface area (Å²) in [6, 6.07) is 0. The third kappa shape index (κ3) is 1.61. The number of thiazole rings is 2. The Morgan fingerprint density at radius 3 is 1.58 bits per heavy atom. The van der Waals surface area contributed by atoms with Gasteiger partial charge in [0.05, 0.1) is 0 Å². The maximum absolute atomic E-state index is 5.66. The Balaban J connectivity index is 2.43. The molecule has 0 aliphatic rings. The summed E-state index contributed by atoms with van der Waals surface area (Å²) in [5.41, 5.74) is 0. The van der Waals surface area contributed by atoms with Crippen molar-refractivity contribution in [1.29, 1.82) is 0 Å². The minimum absolute atomic E-state index is 0.501. The molecule has 0 N–H and O–H groups in total. The zero-order chi connectivity index (χ0) is 8.55. The van der Waals surface area contributed by atoms with E-state index in [0.29, 0.717) is 10.3 Å². The Morgan fingerprint density at radius 2 is 1.33 bits per heavy atom. The zero-order valence-corrected chi connectivity index (χ0v) is 8.77. The summed E-state index contributed by atoms with van der Waals surface area (Å²) in [6.45, 7) is 0. The van der Waals surface area contributed by atoms with E-state index in [2.05, 4.69) is 9.97 Å². The van der Waals surface area contributed by atoms with Crippen LogP contribution >= 0.6 is 45.9 Å². The van der Waals surface area contributed by atoms with Crippen molar-refractivity contribution in [3.63, 3.8) is 0 Å². The van der Waals surface area contributed by atoms with Crippen LogP contribution in [-0.4, -0.2) is 9.97 Å². The normalized spacial score (nSPS) is 10.5. The fraction of sp³-hybridized carbons (Fsp3) is 0. The SMILES string of the molecule is Clc1csc(-c2nc(Cl)cs2)n1. The average molecular weight is 237 g/mol.